The number of amides is 2. The maximum atomic E-state index is 13.2. The number of rotatable bonds is 6. The summed E-state index contributed by atoms with van der Waals surface area (Å²) in [6.45, 7) is 7.47. The fourth-order valence-electron chi connectivity index (χ4n) is 4.10. The Balaban J connectivity index is 1.69. The van der Waals surface area contributed by atoms with Gasteiger partial charge >= 0.3 is 0 Å². The number of benzene rings is 1. The highest BCUT2D eigenvalue weighted by Gasteiger charge is 2.38. The summed E-state index contributed by atoms with van der Waals surface area (Å²) in [4.78, 5) is 29.6. The predicted octanol–water partition coefficient (Wildman–Crippen LogP) is 2.59. The van der Waals surface area contributed by atoms with Crippen molar-refractivity contribution in [1.82, 2.24) is 10.2 Å². The van der Waals surface area contributed by atoms with Gasteiger partial charge in [0.2, 0.25) is 11.8 Å². The molecular formula is C21H31N3O2. The molecule has 1 atom stereocenters. The molecule has 0 bridgehead atoms. The Hall–Kier alpha value is -1.88. The molecule has 1 aromatic carbocycles. The van der Waals surface area contributed by atoms with Gasteiger partial charge < -0.3 is 15.1 Å². The third-order valence-electron chi connectivity index (χ3n) is 5.63. The van der Waals surface area contributed by atoms with Crippen molar-refractivity contribution >= 4 is 17.5 Å². The molecule has 1 unspecified atom stereocenters. The van der Waals surface area contributed by atoms with Gasteiger partial charge in [0.1, 0.15) is 0 Å². The smallest absolute Gasteiger partial charge is 0.228 e. The highest BCUT2D eigenvalue weighted by molar-refractivity contribution is 6.00. The van der Waals surface area contributed by atoms with Gasteiger partial charge in [-0.05, 0) is 56.5 Å². The Labute approximate surface area is 156 Å². The van der Waals surface area contributed by atoms with E-state index in [2.05, 4.69) is 36.2 Å². The molecule has 0 radical (unpaired) electrons. The zero-order valence-corrected chi connectivity index (χ0v) is 16.0. The van der Waals surface area contributed by atoms with Crippen molar-refractivity contribution in [2.24, 2.45) is 5.92 Å². The number of hydrogen-bond acceptors (Lipinski definition) is 3. The molecule has 2 aliphatic heterocycles. The van der Waals surface area contributed by atoms with Crippen molar-refractivity contribution in [3.63, 3.8) is 0 Å². The van der Waals surface area contributed by atoms with E-state index in [0.717, 1.165) is 51.0 Å². The minimum atomic E-state index is -0.213. The first-order valence-electron chi connectivity index (χ1n) is 10.0. The molecule has 1 aromatic rings. The highest BCUT2D eigenvalue weighted by atomic mass is 16.2. The average Bonchev–Trinajstić information content (AvgIpc) is 3.08. The van der Waals surface area contributed by atoms with E-state index in [1.54, 1.807) is 4.90 Å². The molecule has 2 heterocycles. The van der Waals surface area contributed by atoms with E-state index in [1.807, 2.05) is 12.1 Å². The molecule has 1 N–H and O–H groups in total. The second kappa shape index (κ2) is 8.67. The Morgan fingerprint density at radius 2 is 1.88 bits per heavy atom. The van der Waals surface area contributed by atoms with Crippen LogP contribution in [0.25, 0.3) is 0 Å². The zero-order chi connectivity index (χ0) is 18.5. The second-order valence-corrected chi connectivity index (χ2v) is 7.44. The lowest BCUT2D eigenvalue weighted by molar-refractivity contribution is -0.138. The first-order chi connectivity index (χ1) is 12.6. The maximum Gasteiger partial charge on any atom is 0.228 e. The van der Waals surface area contributed by atoms with Gasteiger partial charge in [-0.25, -0.2) is 0 Å². The van der Waals surface area contributed by atoms with Gasteiger partial charge in [0.15, 0.2) is 0 Å². The highest BCUT2D eigenvalue weighted by Crippen LogP contribution is 2.28. The van der Waals surface area contributed by atoms with Crippen molar-refractivity contribution in [3.8, 4) is 0 Å². The van der Waals surface area contributed by atoms with Crippen LogP contribution in [0.3, 0.4) is 0 Å². The first-order valence-corrected chi connectivity index (χ1v) is 10.0. The molecule has 2 amide bonds. The number of nitrogens with one attached hydrogen (secondary N) is 1. The summed E-state index contributed by atoms with van der Waals surface area (Å²) in [7, 11) is 0. The molecule has 2 saturated heterocycles. The van der Waals surface area contributed by atoms with Crippen LogP contribution in [0.15, 0.2) is 24.3 Å². The van der Waals surface area contributed by atoms with Crippen molar-refractivity contribution in [2.45, 2.75) is 52.0 Å². The number of nitrogens with zero attached hydrogens (tertiary/aromatic N) is 2. The van der Waals surface area contributed by atoms with E-state index in [4.69, 9.17) is 0 Å². The van der Waals surface area contributed by atoms with Crippen molar-refractivity contribution in [1.29, 1.82) is 0 Å². The number of carbonyl (C=O) groups excluding carboxylic acids is 2. The zero-order valence-electron chi connectivity index (χ0n) is 16.0. The standard InChI is InChI=1S/C21H31N3O2/c1-3-13-23(19-9-11-22-12-10-19)21(26)17-14-20(25)24(15-17)18-7-5-16(4-2)6-8-18/h5-8,17,19,22H,3-4,9-15H2,1-2H3. The van der Waals surface area contributed by atoms with Gasteiger partial charge in [0, 0.05) is 31.2 Å². The molecule has 142 valence electrons. The Morgan fingerprint density at radius 1 is 1.19 bits per heavy atom. The summed E-state index contributed by atoms with van der Waals surface area (Å²) >= 11 is 0. The summed E-state index contributed by atoms with van der Waals surface area (Å²) in [5.41, 5.74) is 2.17. The molecule has 3 rings (SSSR count). The topological polar surface area (TPSA) is 52.7 Å². The van der Waals surface area contributed by atoms with Crippen LogP contribution in [0.2, 0.25) is 0 Å². The minimum absolute atomic E-state index is 0.0642. The quantitative estimate of drug-likeness (QED) is 0.851. The maximum absolute atomic E-state index is 13.2. The number of piperidine rings is 1. The van der Waals surface area contributed by atoms with Crippen LogP contribution in [-0.4, -0.2) is 48.9 Å². The van der Waals surface area contributed by atoms with Crippen molar-refractivity contribution in [3.05, 3.63) is 29.8 Å². The van der Waals surface area contributed by atoms with E-state index >= 15 is 0 Å². The fourth-order valence-corrected chi connectivity index (χ4v) is 4.10. The lowest BCUT2D eigenvalue weighted by Gasteiger charge is -2.36. The molecule has 5 heteroatoms. The molecule has 5 nitrogen and oxygen atoms in total. The molecule has 0 aliphatic carbocycles. The van der Waals surface area contributed by atoms with E-state index in [-0.39, 0.29) is 17.7 Å². The molecule has 0 aromatic heterocycles. The fraction of sp³-hybridized carbons (Fsp3) is 0.619. The van der Waals surface area contributed by atoms with Crippen LogP contribution < -0.4 is 10.2 Å². The second-order valence-electron chi connectivity index (χ2n) is 7.44. The Bertz CT molecular complexity index is 623. The minimum Gasteiger partial charge on any atom is -0.339 e. The van der Waals surface area contributed by atoms with Gasteiger partial charge in [0.05, 0.1) is 5.92 Å². The SMILES string of the molecule is CCCN(C(=O)C1CC(=O)N(c2ccc(CC)cc2)C1)C1CCNCC1. The van der Waals surface area contributed by atoms with Crippen LogP contribution in [0.5, 0.6) is 0 Å². The number of anilines is 1. The normalized spacial score (nSPS) is 21.2. The average molecular weight is 357 g/mol. The molecule has 0 saturated carbocycles. The van der Waals surface area contributed by atoms with Gasteiger partial charge in [-0.1, -0.05) is 26.0 Å². The molecule has 26 heavy (non-hydrogen) atoms. The third-order valence-corrected chi connectivity index (χ3v) is 5.63. The van der Waals surface area contributed by atoms with E-state index < -0.39 is 0 Å². The monoisotopic (exact) mass is 357 g/mol. The Kier molecular flexibility index (Phi) is 6.30. The van der Waals surface area contributed by atoms with Crippen molar-refractivity contribution < 1.29 is 9.59 Å². The molecular weight excluding hydrogens is 326 g/mol. The molecule has 2 fully saturated rings. The van der Waals surface area contributed by atoms with Crippen LogP contribution in [-0.2, 0) is 16.0 Å². The summed E-state index contributed by atoms with van der Waals surface area (Å²) in [5.74, 6) is 0.0175. The lowest BCUT2D eigenvalue weighted by atomic mass is 10.0. The van der Waals surface area contributed by atoms with E-state index in [0.29, 0.717) is 19.0 Å². The number of hydrogen-bond donors (Lipinski definition) is 1. The van der Waals surface area contributed by atoms with Gasteiger partial charge in [-0.2, -0.15) is 0 Å². The van der Waals surface area contributed by atoms with Gasteiger partial charge in [-0.3, -0.25) is 9.59 Å². The largest absolute Gasteiger partial charge is 0.339 e. The third kappa shape index (κ3) is 4.09. The van der Waals surface area contributed by atoms with Gasteiger partial charge in [0.25, 0.3) is 0 Å². The van der Waals surface area contributed by atoms with E-state index in [1.165, 1.54) is 5.56 Å². The number of aryl methyl sites for hydroxylation is 1. The summed E-state index contributed by atoms with van der Waals surface area (Å²) in [6.07, 6.45) is 4.29. The predicted molar refractivity (Wildman–Crippen MR) is 104 cm³/mol. The summed E-state index contributed by atoms with van der Waals surface area (Å²) < 4.78 is 0. The Morgan fingerprint density at radius 3 is 2.50 bits per heavy atom. The number of carbonyl (C=O) groups is 2. The first kappa shape index (κ1) is 18.9. The van der Waals surface area contributed by atoms with Crippen LogP contribution in [0.1, 0.15) is 45.1 Å². The van der Waals surface area contributed by atoms with Crippen molar-refractivity contribution in [2.75, 3.05) is 31.1 Å². The van der Waals surface area contributed by atoms with Crippen LogP contribution in [0, 0.1) is 5.92 Å². The summed E-state index contributed by atoms with van der Waals surface area (Å²) in [6, 6.07) is 8.45. The molecule has 2 aliphatic rings. The van der Waals surface area contributed by atoms with Crippen LogP contribution in [0.4, 0.5) is 5.69 Å². The van der Waals surface area contributed by atoms with E-state index in [9.17, 15) is 9.59 Å². The van der Waals surface area contributed by atoms with Gasteiger partial charge in [-0.15, -0.1) is 0 Å². The lowest BCUT2D eigenvalue weighted by Crippen LogP contribution is -2.48. The summed E-state index contributed by atoms with van der Waals surface area (Å²) in [5, 5.41) is 3.36. The molecule has 0 spiro atoms. The van der Waals surface area contributed by atoms with Crippen LogP contribution >= 0.6 is 0 Å².